The average Bonchev–Trinajstić information content (AvgIpc) is 3.20. The second-order valence-corrected chi connectivity index (χ2v) is 7.64. The molecule has 1 amide bonds. The molecule has 122 valence electrons. The van der Waals surface area contributed by atoms with E-state index in [2.05, 4.69) is 5.32 Å². The Labute approximate surface area is 143 Å². The van der Waals surface area contributed by atoms with Crippen molar-refractivity contribution in [1.29, 1.82) is 0 Å². The van der Waals surface area contributed by atoms with E-state index in [0.717, 1.165) is 31.2 Å². The zero-order chi connectivity index (χ0) is 16.4. The number of hydrogen-bond donors (Lipinski definition) is 1. The number of carbonyl (C=O) groups excluding carboxylic acids is 2. The van der Waals surface area contributed by atoms with E-state index in [1.54, 1.807) is 18.3 Å². The van der Waals surface area contributed by atoms with Crippen molar-refractivity contribution in [3.05, 3.63) is 38.4 Å². The molecule has 1 N–H and O–H groups in total. The molecule has 1 atom stereocenters. The lowest BCUT2D eigenvalue weighted by Gasteiger charge is -2.13. The van der Waals surface area contributed by atoms with Gasteiger partial charge >= 0.3 is 0 Å². The van der Waals surface area contributed by atoms with Gasteiger partial charge in [-0.05, 0) is 49.6 Å². The number of hydrogen-bond acceptors (Lipinski definition) is 5. The quantitative estimate of drug-likeness (QED) is 0.833. The van der Waals surface area contributed by atoms with Crippen LogP contribution >= 0.6 is 22.7 Å². The number of carbonyl (C=O) groups is 2. The molecule has 0 spiro atoms. The van der Waals surface area contributed by atoms with Crippen molar-refractivity contribution in [2.75, 3.05) is 12.4 Å². The molecule has 0 bridgehead atoms. The van der Waals surface area contributed by atoms with E-state index in [1.165, 1.54) is 23.3 Å². The maximum Gasteiger partial charge on any atom is 0.253 e. The van der Waals surface area contributed by atoms with Crippen molar-refractivity contribution in [1.82, 2.24) is 0 Å². The highest BCUT2D eigenvalue weighted by atomic mass is 32.1. The smallest absolute Gasteiger partial charge is 0.253 e. The SMILES string of the molecule is COC(C)C(=O)Nc1sc2c(c1C(=O)c1cccs1)CCCC2. The van der Waals surface area contributed by atoms with Gasteiger partial charge in [0.05, 0.1) is 10.4 Å². The number of thiophene rings is 2. The highest BCUT2D eigenvalue weighted by Gasteiger charge is 2.28. The number of rotatable bonds is 5. The van der Waals surface area contributed by atoms with Crippen molar-refractivity contribution in [2.45, 2.75) is 38.7 Å². The van der Waals surface area contributed by atoms with Crippen LogP contribution in [-0.4, -0.2) is 24.9 Å². The first-order chi connectivity index (χ1) is 11.1. The third-order valence-corrected chi connectivity index (χ3v) is 6.18. The van der Waals surface area contributed by atoms with Crippen LogP contribution in [0.1, 0.15) is 45.4 Å². The Kier molecular flexibility index (Phi) is 4.94. The number of methoxy groups -OCH3 is 1. The van der Waals surface area contributed by atoms with Crippen LogP contribution in [0.5, 0.6) is 0 Å². The molecule has 0 radical (unpaired) electrons. The summed E-state index contributed by atoms with van der Waals surface area (Å²) in [5.74, 6) is -0.203. The molecular weight excluding hydrogens is 330 g/mol. The third kappa shape index (κ3) is 3.24. The first-order valence-corrected chi connectivity index (χ1v) is 9.37. The summed E-state index contributed by atoms with van der Waals surface area (Å²) in [6.07, 6.45) is 3.59. The molecule has 23 heavy (non-hydrogen) atoms. The van der Waals surface area contributed by atoms with Crippen molar-refractivity contribution in [3.8, 4) is 0 Å². The Balaban J connectivity index is 2.00. The molecule has 1 unspecified atom stereocenters. The predicted molar refractivity (Wildman–Crippen MR) is 93.8 cm³/mol. The third-order valence-electron chi connectivity index (χ3n) is 4.10. The molecule has 0 aromatic carbocycles. The van der Waals surface area contributed by atoms with Gasteiger partial charge < -0.3 is 10.1 Å². The maximum atomic E-state index is 12.9. The molecule has 0 saturated carbocycles. The fraction of sp³-hybridized carbons (Fsp3) is 0.412. The first-order valence-electron chi connectivity index (χ1n) is 7.68. The molecule has 0 fully saturated rings. The lowest BCUT2D eigenvalue weighted by Crippen LogP contribution is -2.26. The van der Waals surface area contributed by atoms with Crippen molar-refractivity contribution in [3.63, 3.8) is 0 Å². The van der Waals surface area contributed by atoms with E-state index in [0.29, 0.717) is 15.4 Å². The Morgan fingerprint density at radius 1 is 1.30 bits per heavy atom. The number of nitrogens with one attached hydrogen (secondary N) is 1. The number of anilines is 1. The molecule has 2 aromatic rings. The van der Waals surface area contributed by atoms with Crippen LogP contribution in [0.25, 0.3) is 0 Å². The largest absolute Gasteiger partial charge is 0.372 e. The van der Waals surface area contributed by atoms with E-state index in [-0.39, 0.29) is 11.7 Å². The molecule has 1 aliphatic rings. The summed E-state index contributed by atoms with van der Waals surface area (Å²) in [6.45, 7) is 1.70. The molecule has 0 aliphatic heterocycles. The Morgan fingerprint density at radius 2 is 2.09 bits per heavy atom. The Bertz CT molecular complexity index is 719. The van der Waals surface area contributed by atoms with Crippen molar-refractivity contribution in [2.24, 2.45) is 0 Å². The lowest BCUT2D eigenvalue weighted by atomic mass is 9.93. The fourth-order valence-corrected chi connectivity index (χ4v) is 4.71. The molecule has 3 rings (SSSR count). The number of ketones is 1. The van der Waals surface area contributed by atoms with E-state index in [1.807, 2.05) is 17.5 Å². The standard InChI is InChI=1S/C17H19NO3S2/c1-10(21-2)16(20)18-17-14(15(19)13-8-5-9-22-13)11-6-3-4-7-12(11)23-17/h5,8-10H,3-4,6-7H2,1-2H3,(H,18,20). The second-order valence-electron chi connectivity index (χ2n) is 5.59. The van der Waals surface area contributed by atoms with E-state index < -0.39 is 6.10 Å². The molecular formula is C17H19NO3S2. The normalized spacial score (nSPS) is 15.0. The van der Waals surface area contributed by atoms with Crippen LogP contribution < -0.4 is 5.32 Å². The van der Waals surface area contributed by atoms with Gasteiger partial charge in [0.25, 0.3) is 5.91 Å². The van der Waals surface area contributed by atoms with Gasteiger partial charge in [-0.1, -0.05) is 6.07 Å². The van der Waals surface area contributed by atoms with Crippen molar-refractivity contribution < 1.29 is 14.3 Å². The molecule has 2 heterocycles. The summed E-state index contributed by atoms with van der Waals surface area (Å²) in [5, 5.41) is 5.47. The van der Waals surface area contributed by atoms with Gasteiger partial charge in [-0.15, -0.1) is 22.7 Å². The van der Waals surface area contributed by atoms with E-state index in [9.17, 15) is 9.59 Å². The van der Waals surface area contributed by atoms with Crippen LogP contribution in [0.2, 0.25) is 0 Å². The summed E-state index contributed by atoms with van der Waals surface area (Å²) in [4.78, 5) is 27.0. The number of ether oxygens (including phenoxy) is 1. The van der Waals surface area contributed by atoms with Gasteiger partial charge in [-0.25, -0.2) is 0 Å². The second kappa shape index (κ2) is 6.95. The zero-order valence-electron chi connectivity index (χ0n) is 13.2. The topological polar surface area (TPSA) is 55.4 Å². The highest BCUT2D eigenvalue weighted by molar-refractivity contribution is 7.17. The average molecular weight is 349 g/mol. The predicted octanol–water partition coefficient (Wildman–Crippen LogP) is 3.89. The van der Waals surface area contributed by atoms with Gasteiger partial charge in [-0.2, -0.15) is 0 Å². The van der Waals surface area contributed by atoms with Crippen LogP contribution in [-0.2, 0) is 22.4 Å². The molecule has 6 heteroatoms. The number of aryl methyl sites for hydroxylation is 1. The Morgan fingerprint density at radius 3 is 2.78 bits per heavy atom. The monoisotopic (exact) mass is 349 g/mol. The van der Waals surface area contributed by atoms with Crippen LogP contribution in [0.4, 0.5) is 5.00 Å². The summed E-state index contributed by atoms with van der Waals surface area (Å²) in [7, 11) is 1.50. The molecule has 0 saturated heterocycles. The maximum absolute atomic E-state index is 12.9. The minimum Gasteiger partial charge on any atom is -0.372 e. The first kappa shape index (κ1) is 16.4. The van der Waals surface area contributed by atoms with Crippen LogP contribution in [0, 0.1) is 0 Å². The Hall–Kier alpha value is -1.50. The molecule has 4 nitrogen and oxygen atoms in total. The molecule has 1 aliphatic carbocycles. The van der Waals surface area contributed by atoms with Crippen molar-refractivity contribution >= 4 is 39.4 Å². The van der Waals surface area contributed by atoms with Crippen LogP contribution in [0.15, 0.2) is 17.5 Å². The van der Waals surface area contributed by atoms with Gasteiger partial charge in [-0.3, -0.25) is 9.59 Å². The molecule has 2 aromatic heterocycles. The van der Waals surface area contributed by atoms with Gasteiger partial charge in [0.2, 0.25) is 5.78 Å². The van der Waals surface area contributed by atoms with Gasteiger partial charge in [0.15, 0.2) is 0 Å². The summed E-state index contributed by atoms with van der Waals surface area (Å²) in [5.41, 5.74) is 1.81. The minimum atomic E-state index is -0.543. The highest BCUT2D eigenvalue weighted by Crippen LogP contribution is 2.39. The fourth-order valence-electron chi connectivity index (χ4n) is 2.75. The summed E-state index contributed by atoms with van der Waals surface area (Å²) in [6, 6.07) is 3.71. The number of fused-ring (bicyclic) bond motifs is 1. The lowest BCUT2D eigenvalue weighted by molar-refractivity contribution is -0.124. The summed E-state index contributed by atoms with van der Waals surface area (Å²) < 4.78 is 5.07. The zero-order valence-corrected chi connectivity index (χ0v) is 14.8. The number of amides is 1. The van der Waals surface area contributed by atoms with E-state index in [4.69, 9.17) is 4.74 Å². The van der Waals surface area contributed by atoms with Crippen LogP contribution in [0.3, 0.4) is 0 Å². The summed E-state index contributed by atoms with van der Waals surface area (Å²) >= 11 is 2.98. The minimum absolute atomic E-state index is 0.0137. The van der Waals surface area contributed by atoms with E-state index >= 15 is 0 Å². The van der Waals surface area contributed by atoms with Gasteiger partial charge in [0.1, 0.15) is 11.1 Å². The van der Waals surface area contributed by atoms with Gasteiger partial charge in [0, 0.05) is 12.0 Å².